The Morgan fingerprint density at radius 2 is 2.07 bits per heavy atom. The van der Waals surface area contributed by atoms with E-state index < -0.39 is 0 Å². The lowest BCUT2D eigenvalue weighted by atomic mass is 9.96. The highest BCUT2D eigenvalue weighted by atomic mass is 16.5. The van der Waals surface area contributed by atoms with Crippen LogP contribution >= 0.6 is 0 Å². The fourth-order valence-corrected chi connectivity index (χ4v) is 3.43. The Labute approximate surface area is 156 Å². The number of carbonyl (C=O) groups excluding carboxylic acids is 1. The third kappa shape index (κ3) is 3.34. The van der Waals surface area contributed by atoms with Crippen molar-refractivity contribution in [2.24, 2.45) is 7.05 Å². The van der Waals surface area contributed by atoms with E-state index in [0.717, 1.165) is 18.5 Å². The molecule has 1 aromatic carbocycles. The molecule has 0 unspecified atom stereocenters. The zero-order valence-corrected chi connectivity index (χ0v) is 15.0. The highest BCUT2D eigenvalue weighted by Gasteiger charge is 2.28. The zero-order valence-electron chi connectivity index (χ0n) is 15.0. The topological polar surface area (TPSA) is 88.0 Å². The Hall–Kier alpha value is -3.40. The maximum Gasteiger partial charge on any atom is 0.253 e. The largest absolute Gasteiger partial charge is 0.348 e. The van der Waals surface area contributed by atoms with Crippen LogP contribution in [-0.4, -0.2) is 38.6 Å². The van der Waals surface area contributed by atoms with Crippen LogP contribution in [0.4, 0.5) is 0 Å². The van der Waals surface area contributed by atoms with Crippen molar-refractivity contribution in [1.29, 1.82) is 5.26 Å². The standard InChI is InChI=1S/C20H19N5O2/c1-24-9-3-6-17(24)18-22-19(27-23-18)15-7-10-25(11-8-15)20(26)16-5-2-4-14(12-16)13-21/h2-6,9,12,15H,7-8,10-11H2,1H3. The van der Waals surface area contributed by atoms with Crippen LogP contribution in [0.3, 0.4) is 0 Å². The average molecular weight is 361 g/mol. The lowest BCUT2D eigenvalue weighted by molar-refractivity contribution is 0.0704. The molecule has 7 nitrogen and oxygen atoms in total. The molecule has 4 rings (SSSR count). The molecule has 1 aliphatic heterocycles. The molecule has 0 bridgehead atoms. The average Bonchev–Trinajstić information content (AvgIpc) is 3.36. The Morgan fingerprint density at radius 3 is 2.78 bits per heavy atom. The molecule has 27 heavy (non-hydrogen) atoms. The van der Waals surface area contributed by atoms with Crippen molar-refractivity contribution in [3.05, 3.63) is 59.6 Å². The first kappa shape index (κ1) is 17.0. The maximum atomic E-state index is 12.7. The molecule has 0 aliphatic carbocycles. The van der Waals surface area contributed by atoms with E-state index in [4.69, 9.17) is 9.78 Å². The van der Waals surface area contributed by atoms with Gasteiger partial charge in [0.05, 0.1) is 17.3 Å². The second kappa shape index (κ2) is 7.08. The predicted molar refractivity (Wildman–Crippen MR) is 97.7 cm³/mol. The molecular weight excluding hydrogens is 342 g/mol. The molecule has 3 heterocycles. The molecule has 0 saturated carbocycles. The summed E-state index contributed by atoms with van der Waals surface area (Å²) in [5.41, 5.74) is 1.96. The van der Waals surface area contributed by atoms with Gasteiger partial charge in [-0.3, -0.25) is 4.79 Å². The van der Waals surface area contributed by atoms with E-state index in [1.165, 1.54) is 0 Å². The summed E-state index contributed by atoms with van der Waals surface area (Å²) >= 11 is 0. The summed E-state index contributed by atoms with van der Waals surface area (Å²) in [6.45, 7) is 1.25. The quantitative estimate of drug-likeness (QED) is 0.716. The molecule has 136 valence electrons. The molecule has 1 saturated heterocycles. The van der Waals surface area contributed by atoms with E-state index >= 15 is 0 Å². The van der Waals surface area contributed by atoms with Gasteiger partial charge in [-0.2, -0.15) is 10.2 Å². The van der Waals surface area contributed by atoms with Crippen LogP contribution in [0.2, 0.25) is 0 Å². The van der Waals surface area contributed by atoms with Crippen LogP contribution in [0.5, 0.6) is 0 Å². The monoisotopic (exact) mass is 361 g/mol. The van der Waals surface area contributed by atoms with E-state index in [1.807, 2.05) is 34.8 Å². The SMILES string of the molecule is Cn1cccc1-c1noc(C2CCN(C(=O)c3cccc(C#N)c3)CC2)n1. The van der Waals surface area contributed by atoms with E-state index in [2.05, 4.69) is 16.2 Å². The number of likely N-dealkylation sites (tertiary alicyclic amines) is 1. The van der Waals surface area contributed by atoms with Gasteiger partial charge in [0.2, 0.25) is 11.7 Å². The number of hydrogen-bond acceptors (Lipinski definition) is 5. The molecule has 0 radical (unpaired) electrons. The van der Waals surface area contributed by atoms with Crippen molar-refractivity contribution in [2.45, 2.75) is 18.8 Å². The third-order valence-electron chi connectivity index (χ3n) is 4.98. The van der Waals surface area contributed by atoms with Gasteiger partial charge in [-0.15, -0.1) is 0 Å². The fraction of sp³-hybridized carbons (Fsp3) is 0.300. The molecule has 1 fully saturated rings. The van der Waals surface area contributed by atoms with Gasteiger partial charge in [0.1, 0.15) is 0 Å². The molecule has 0 spiro atoms. The first-order chi connectivity index (χ1) is 13.2. The highest BCUT2D eigenvalue weighted by Crippen LogP contribution is 2.29. The third-order valence-corrected chi connectivity index (χ3v) is 4.98. The predicted octanol–water partition coefficient (Wildman–Crippen LogP) is 2.97. The van der Waals surface area contributed by atoms with Gasteiger partial charge in [-0.1, -0.05) is 11.2 Å². The van der Waals surface area contributed by atoms with Gasteiger partial charge in [-0.05, 0) is 43.2 Å². The normalized spacial score (nSPS) is 14.9. The first-order valence-corrected chi connectivity index (χ1v) is 8.90. The number of aromatic nitrogens is 3. The second-order valence-electron chi connectivity index (χ2n) is 6.72. The zero-order chi connectivity index (χ0) is 18.8. The number of carbonyl (C=O) groups is 1. The Kier molecular flexibility index (Phi) is 4.47. The summed E-state index contributed by atoms with van der Waals surface area (Å²) in [5.74, 6) is 1.33. The van der Waals surface area contributed by atoms with Gasteiger partial charge in [0.25, 0.3) is 5.91 Å². The number of benzene rings is 1. The first-order valence-electron chi connectivity index (χ1n) is 8.90. The number of amides is 1. The van der Waals surface area contributed by atoms with Gasteiger partial charge < -0.3 is 14.0 Å². The molecular formula is C20H19N5O2. The van der Waals surface area contributed by atoms with Gasteiger partial charge in [-0.25, -0.2) is 0 Å². The van der Waals surface area contributed by atoms with Crippen LogP contribution in [0, 0.1) is 11.3 Å². The summed E-state index contributed by atoms with van der Waals surface area (Å²) in [7, 11) is 1.94. The van der Waals surface area contributed by atoms with Gasteiger partial charge in [0, 0.05) is 37.8 Å². The van der Waals surface area contributed by atoms with Crippen molar-refractivity contribution < 1.29 is 9.32 Å². The smallest absolute Gasteiger partial charge is 0.253 e. The molecule has 3 aromatic rings. The van der Waals surface area contributed by atoms with Crippen molar-refractivity contribution >= 4 is 5.91 Å². The summed E-state index contributed by atoms with van der Waals surface area (Å²) < 4.78 is 7.43. The van der Waals surface area contributed by atoms with E-state index in [0.29, 0.717) is 35.9 Å². The van der Waals surface area contributed by atoms with Crippen LogP contribution in [0.15, 0.2) is 47.1 Å². The van der Waals surface area contributed by atoms with E-state index in [1.54, 1.807) is 24.3 Å². The minimum absolute atomic E-state index is 0.0411. The molecule has 0 atom stereocenters. The van der Waals surface area contributed by atoms with E-state index in [-0.39, 0.29) is 11.8 Å². The minimum Gasteiger partial charge on any atom is -0.348 e. The van der Waals surface area contributed by atoms with Crippen LogP contribution in [-0.2, 0) is 7.05 Å². The lowest BCUT2D eigenvalue weighted by Crippen LogP contribution is -2.38. The van der Waals surface area contributed by atoms with Crippen LogP contribution in [0.25, 0.3) is 11.5 Å². The van der Waals surface area contributed by atoms with E-state index in [9.17, 15) is 4.79 Å². The van der Waals surface area contributed by atoms with Gasteiger partial charge >= 0.3 is 0 Å². The number of piperidine rings is 1. The lowest BCUT2D eigenvalue weighted by Gasteiger charge is -2.30. The number of hydrogen-bond donors (Lipinski definition) is 0. The van der Waals surface area contributed by atoms with Crippen LogP contribution in [0.1, 0.15) is 40.6 Å². The summed E-state index contributed by atoms with van der Waals surface area (Å²) in [6.07, 6.45) is 3.49. The molecule has 1 amide bonds. The number of nitriles is 1. The highest BCUT2D eigenvalue weighted by molar-refractivity contribution is 5.94. The molecule has 1 aliphatic rings. The minimum atomic E-state index is -0.0411. The molecule has 7 heteroatoms. The molecule has 0 N–H and O–H groups in total. The summed E-state index contributed by atoms with van der Waals surface area (Å²) in [6, 6.07) is 12.8. The summed E-state index contributed by atoms with van der Waals surface area (Å²) in [5, 5.41) is 13.1. The Morgan fingerprint density at radius 1 is 1.26 bits per heavy atom. The second-order valence-corrected chi connectivity index (χ2v) is 6.72. The summed E-state index contributed by atoms with van der Waals surface area (Å²) in [4.78, 5) is 19.0. The molecule has 2 aromatic heterocycles. The van der Waals surface area contributed by atoms with Crippen molar-refractivity contribution in [1.82, 2.24) is 19.6 Å². The van der Waals surface area contributed by atoms with Crippen molar-refractivity contribution in [2.75, 3.05) is 13.1 Å². The van der Waals surface area contributed by atoms with Gasteiger partial charge in [0.15, 0.2) is 0 Å². The Bertz CT molecular complexity index is 1010. The van der Waals surface area contributed by atoms with Crippen LogP contribution < -0.4 is 0 Å². The maximum absolute atomic E-state index is 12.7. The number of nitrogens with zero attached hydrogens (tertiary/aromatic N) is 5. The number of rotatable bonds is 3. The number of aryl methyl sites for hydroxylation is 1. The Balaban J connectivity index is 1.42. The fourth-order valence-electron chi connectivity index (χ4n) is 3.43. The van der Waals surface area contributed by atoms with Crippen molar-refractivity contribution in [3.63, 3.8) is 0 Å². The van der Waals surface area contributed by atoms with Crippen molar-refractivity contribution in [3.8, 4) is 17.6 Å².